The third-order valence-electron chi connectivity index (χ3n) is 4.62. The molecule has 3 nitrogen and oxygen atoms in total. The maximum Gasteiger partial charge on any atom is 0.122 e. The zero-order valence-corrected chi connectivity index (χ0v) is 11.8. The molecule has 1 aromatic rings. The normalized spacial score (nSPS) is 19.9. The molecule has 1 atom stereocenters. The fraction of sp³-hybridized carbons (Fsp3) is 0.625. The molecule has 2 N–H and O–H groups in total. The highest BCUT2D eigenvalue weighted by molar-refractivity contribution is 5.40. The maximum absolute atomic E-state index is 6.01. The average molecular weight is 260 g/mol. The van der Waals surface area contributed by atoms with Crippen molar-refractivity contribution in [1.82, 2.24) is 4.90 Å². The number of likely N-dealkylation sites (N-methyl/N-ethyl adjacent to an activating group) is 1. The van der Waals surface area contributed by atoms with E-state index in [1.807, 2.05) is 0 Å². The molecule has 19 heavy (non-hydrogen) atoms. The predicted octanol–water partition coefficient (Wildman–Crippen LogP) is 2.35. The van der Waals surface area contributed by atoms with Crippen LogP contribution in [0.2, 0.25) is 0 Å². The number of fused-ring (bicyclic) bond motifs is 1. The van der Waals surface area contributed by atoms with Gasteiger partial charge in [0.05, 0.1) is 6.61 Å². The van der Waals surface area contributed by atoms with E-state index in [9.17, 15) is 0 Å². The summed E-state index contributed by atoms with van der Waals surface area (Å²) in [5, 5.41) is 0. The van der Waals surface area contributed by atoms with Gasteiger partial charge in [-0.15, -0.1) is 0 Å². The minimum Gasteiger partial charge on any atom is -0.493 e. The summed E-state index contributed by atoms with van der Waals surface area (Å²) in [5.74, 6) is 1.94. The number of ether oxygens (including phenoxy) is 1. The van der Waals surface area contributed by atoms with Gasteiger partial charge in [-0.25, -0.2) is 0 Å². The molecule has 0 amide bonds. The van der Waals surface area contributed by atoms with Crippen LogP contribution in [0.1, 0.15) is 36.4 Å². The first-order chi connectivity index (χ1) is 9.28. The van der Waals surface area contributed by atoms with Crippen LogP contribution in [0, 0.1) is 5.92 Å². The number of nitrogens with two attached hydrogens (primary N) is 1. The Morgan fingerprint density at radius 2 is 2.26 bits per heavy atom. The molecular weight excluding hydrogens is 236 g/mol. The van der Waals surface area contributed by atoms with Gasteiger partial charge in [-0.2, -0.15) is 0 Å². The Morgan fingerprint density at radius 3 is 2.95 bits per heavy atom. The average Bonchev–Trinajstić information content (AvgIpc) is 2.82. The quantitative estimate of drug-likeness (QED) is 0.883. The first-order valence-corrected chi connectivity index (χ1v) is 7.44. The number of hydrogen-bond donors (Lipinski definition) is 1. The molecule has 0 saturated heterocycles. The van der Waals surface area contributed by atoms with Crippen molar-refractivity contribution in [2.75, 3.05) is 26.7 Å². The lowest BCUT2D eigenvalue weighted by Gasteiger charge is -2.34. The first-order valence-electron chi connectivity index (χ1n) is 7.44. The molecule has 1 unspecified atom stereocenters. The monoisotopic (exact) mass is 260 g/mol. The lowest BCUT2D eigenvalue weighted by molar-refractivity contribution is 0.165. The van der Waals surface area contributed by atoms with Crippen LogP contribution in [-0.2, 0) is 6.42 Å². The van der Waals surface area contributed by atoms with E-state index in [-0.39, 0.29) is 0 Å². The zero-order chi connectivity index (χ0) is 13.2. The molecule has 0 aromatic heterocycles. The van der Waals surface area contributed by atoms with Gasteiger partial charge >= 0.3 is 0 Å². The van der Waals surface area contributed by atoms with Gasteiger partial charge in [-0.05, 0) is 43.0 Å². The summed E-state index contributed by atoms with van der Waals surface area (Å²) in [5.41, 5.74) is 8.70. The van der Waals surface area contributed by atoms with E-state index >= 15 is 0 Å². The minimum absolute atomic E-state index is 0.339. The Balaban J connectivity index is 1.73. The van der Waals surface area contributed by atoms with Crippen LogP contribution in [0.3, 0.4) is 0 Å². The fourth-order valence-electron chi connectivity index (χ4n) is 3.19. The molecule has 1 aliphatic carbocycles. The highest BCUT2D eigenvalue weighted by atomic mass is 16.5. The Kier molecular flexibility index (Phi) is 3.76. The lowest BCUT2D eigenvalue weighted by Crippen LogP contribution is -2.36. The van der Waals surface area contributed by atoms with Crippen LogP contribution in [0.25, 0.3) is 0 Å². The number of benzene rings is 1. The molecule has 0 bridgehead atoms. The molecule has 104 valence electrons. The van der Waals surface area contributed by atoms with E-state index in [2.05, 4.69) is 30.1 Å². The van der Waals surface area contributed by atoms with Crippen LogP contribution in [0.4, 0.5) is 0 Å². The Hall–Kier alpha value is -1.06. The van der Waals surface area contributed by atoms with E-state index < -0.39 is 0 Å². The SMILES string of the molecule is CN(CC1CCC1)C(CN)c1ccc2c(c1)CCO2. The van der Waals surface area contributed by atoms with Gasteiger partial charge < -0.3 is 10.5 Å². The van der Waals surface area contributed by atoms with E-state index in [4.69, 9.17) is 10.5 Å². The van der Waals surface area contributed by atoms with E-state index in [0.717, 1.165) is 24.7 Å². The van der Waals surface area contributed by atoms with Gasteiger partial charge in [0.15, 0.2) is 0 Å². The van der Waals surface area contributed by atoms with Crippen LogP contribution in [-0.4, -0.2) is 31.6 Å². The van der Waals surface area contributed by atoms with Crippen molar-refractivity contribution in [1.29, 1.82) is 0 Å². The van der Waals surface area contributed by atoms with Crippen LogP contribution in [0.15, 0.2) is 18.2 Å². The summed E-state index contributed by atoms with van der Waals surface area (Å²) in [7, 11) is 2.21. The molecule has 3 heteroatoms. The summed E-state index contributed by atoms with van der Waals surface area (Å²) in [4.78, 5) is 2.43. The number of rotatable bonds is 5. The van der Waals surface area contributed by atoms with Crippen LogP contribution in [0.5, 0.6) is 5.75 Å². The summed E-state index contributed by atoms with van der Waals surface area (Å²) in [6, 6.07) is 6.92. The molecule has 1 fully saturated rings. The third kappa shape index (κ3) is 2.63. The van der Waals surface area contributed by atoms with Crippen molar-refractivity contribution in [3.05, 3.63) is 29.3 Å². The molecule has 1 saturated carbocycles. The Morgan fingerprint density at radius 1 is 1.42 bits per heavy atom. The highest BCUT2D eigenvalue weighted by Gasteiger charge is 2.24. The van der Waals surface area contributed by atoms with E-state index in [1.54, 1.807) is 0 Å². The fourth-order valence-corrected chi connectivity index (χ4v) is 3.19. The molecule has 3 rings (SSSR count). The zero-order valence-electron chi connectivity index (χ0n) is 11.8. The number of nitrogens with zero attached hydrogens (tertiary/aromatic N) is 1. The highest BCUT2D eigenvalue weighted by Crippen LogP contribution is 2.32. The predicted molar refractivity (Wildman–Crippen MR) is 77.4 cm³/mol. The van der Waals surface area contributed by atoms with Crippen LogP contribution >= 0.6 is 0 Å². The minimum atomic E-state index is 0.339. The smallest absolute Gasteiger partial charge is 0.122 e. The summed E-state index contributed by atoms with van der Waals surface area (Å²) < 4.78 is 5.57. The molecule has 0 radical (unpaired) electrons. The van der Waals surface area contributed by atoms with E-state index in [0.29, 0.717) is 12.6 Å². The van der Waals surface area contributed by atoms with Crippen molar-refractivity contribution in [3.63, 3.8) is 0 Å². The molecule has 1 aliphatic heterocycles. The standard InChI is InChI=1S/C16H24N2O/c1-18(11-12-3-2-4-12)15(10-17)13-5-6-16-14(9-13)7-8-19-16/h5-6,9,12,15H,2-4,7-8,10-11,17H2,1H3. The summed E-state index contributed by atoms with van der Waals surface area (Å²) in [6.07, 6.45) is 5.22. The summed E-state index contributed by atoms with van der Waals surface area (Å²) in [6.45, 7) is 2.68. The van der Waals surface area contributed by atoms with Crippen molar-refractivity contribution < 1.29 is 4.74 Å². The van der Waals surface area contributed by atoms with Crippen LogP contribution < -0.4 is 10.5 Å². The van der Waals surface area contributed by atoms with Crippen molar-refractivity contribution in [2.24, 2.45) is 11.7 Å². The largest absolute Gasteiger partial charge is 0.493 e. The second-order valence-corrected chi connectivity index (χ2v) is 5.95. The van der Waals surface area contributed by atoms with Gasteiger partial charge in [0.25, 0.3) is 0 Å². The van der Waals surface area contributed by atoms with Gasteiger partial charge in [0.2, 0.25) is 0 Å². The Bertz CT molecular complexity index is 442. The van der Waals surface area contributed by atoms with Gasteiger partial charge in [-0.1, -0.05) is 18.6 Å². The molecule has 1 heterocycles. The maximum atomic E-state index is 6.01. The molecular formula is C16H24N2O. The van der Waals surface area contributed by atoms with Gasteiger partial charge in [-0.3, -0.25) is 4.90 Å². The topological polar surface area (TPSA) is 38.5 Å². The van der Waals surface area contributed by atoms with Crippen molar-refractivity contribution in [3.8, 4) is 5.75 Å². The second kappa shape index (κ2) is 5.51. The first kappa shape index (κ1) is 12.9. The van der Waals surface area contributed by atoms with Crippen molar-refractivity contribution in [2.45, 2.75) is 31.7 Å². The van der Waals surface area contributed by atoms with Crippen molar-refractivity contribution >= 4 is 0 Å². The van der Waals surface area contributed by atoms with Gasteiger partial charge in [0.1, 0.15) is 5.75 Å². The second-order valence-electron chi connectivity index (χ2n) is 5.95. The molecule has 2 aliphatic rings. The third-order valence-corrected chi connectivity index (χ3v) is 4.62. The number of hydrogen-bond acceptors (Lipinski definition) is 3. The van der Waals surface area contributed by atoms with E-state index in [1.165, 1.54) is 36.9 Å². The van der Waals surface area contributed by atoms with Gasteiger partial charge in [0, 0.05) is 25.6 Å². The molecule has 0 spiro atoms. The molecule has 1 aromatic carbocycles. The lowest BCUT2D eigenvalue weighted by atomic mass is 9.84. The summed E-state index contributed by atoms with van der Waals surface area (Å²) >= 11 is 0. The Labute approximate surface area is 115 Å².